The molecule has 1 atom stereocenters. The average Bonchev–Trinajstić information content (AvgIpc) is 2.80. The van der Waals surface area contributed by atoms with Crippen LogP contribution in [-0.2, 0) is 29.0 Å². The molecule has 0 aliphatic heterocycles. The zero-order valence-corrected chi connectivity index (χ0v) is 21.8. The summed E-state index contributed by atoms with van der Waals surface area (Å²) in [6.45, 7) is 8.25. The molecule has 1 N–H and O–H groups in total. The molecule has 3 aromatic carbocycles. The highest BCUT2D eigenvalue weighted by Crippen LogP contribution is 2.21. The maximum Gasteiger partial charge on any atom is 0.243 e. The van der Waals surface area contributed by atoms with Gasteiger partial charge in [-0.1, -0.05) is 90.0 Å². The molecule has 2 amide bonds. The number of aryl methyl sites for hydroxylation is 2. The fourth-order valence-corrected chi connectivity index (χ4v) is 4.33. The third-order valence-electron chi connectivity index (χ3n) is 5.77. The highest BCUT2D eigenvalue weighted by molar-refractivity contribution is 6.31. The monoisotopic (exact) mass is 490 g/mol. The Labute approximate surface area is 214 Å². The number of nitrogens with one attached hydrogen (secondary N) is 1. The molecule has 3 aromatic rings. The van der Waals surface area contributed by atoms with Crippen LogP contribution in [-0.4, -0.2) is 28.3 Å². The van der Waals surface area contributed by atoms with E-state index >= 15 is 0 Å². The van der Waals surface area contributed by atoms with Gasteiger partial charge >= 0.3 is 0 Å². The number of carbonyl (C=O) groups is 2. The van der Waals surface area contributed by atoms with Crippen LogP contribution < -0.4 is 5.32 Å². The molecule has 0 unspecified atom stereocenters. The zero-order chi connectivity index (χ0) is 25.4. The van der Waals surface area contributed by atoms with Gasteiger partial charge in [0.25, 0.3) is 0 Å². The normalized spacial score (nSPS) is 12.1. The number of benzene rings is 3. The maximum absolute atomic E-state index is 13.7. The van der Waals surface area contributed by atoms with E-state index in [0.29, 0.717) is 24.4 Å². The van der Waals surface area contributed by atoms with Gasteiger partial charge in [0.1, 0.15) is 6.04 Å². The first-order chi connectivity index (χ1) is 16.6. The van der Waals surface area contributed by atoms with Gasteiger partial charge in [0, 0.05) is 29.9 Å². The van der Waals surface area contributed by atoms with Gasteiger partial charge in [-0.3, -0.25) is 9.59 Å². The molecule has 0 radical (unpaired) electrons. The van der Waals surface area contributed by atoms with E-state index in [-0.39, 0.29) is 18.2 Å². The molecular formula is C30H35ClN2O2. The summed E-state index contributed by atoms with van der Waals surface area (Å²) in [5.41, 5.74) is 3.63. The van der Waals surface area contributed by atoms with E-state index < -0.39 is 11.6 Å². The lowest BCUT2D eigenvalue weighted by Gasteiger charge is -2.34. The van der Waals surface area contributed by atoms with Gasteiger partial charge in [-0.25, -0.2) is 0 Å². The molecule has 0 fully saturated rings. The molecule has 35 heavy (non-hydrogen) atoms. The first kappa shape index (κ1) is 26.5. The summed E-state index contributed by atoms with van der Waals surface area (Å²) in [6.07, 6.45) is 1.22. The van der Waals surface area contributed by atoms with Crippen molar-refractivity contribution >= 4 is 23.4 Å². The Morgan fingerprint density at radius 1 is 0.914 bits per heavy atom. The standard InChI is InChI=1S/C30H35ClN2O2/c1-22-11-10-14-24(19-22)21-33(28(34)18-17-25-15-8-9-16-26(25)31)27(29(35)32-30(2,3)4)20-23-12-6-5-7-13-23/h5-16,19,27H,17-18,20-21H2,1-4H3,(H,32,35)/t27-/m0/s1. The van der Waals surface area contributed by atoms with Crippen LogP contribution in [0.4, 0.5) is 0 Å². The van der Waals surface area contributed by atoms with Gasteiger partial charge in [-0.2, -0.15) is 0 Å². The van der Waals surface area contributed by atoms with Crippen LogP contribution in [0.15, 0.2) is 78.9 Å². The highest BCUT2D eigenvalue weighted by atomic mass is 35.5. The fourth-order valence-electron chi connectivity index (χ4n) is 4.10. The number of rotatable bonds is 9. The van der Waals surface area contributed by atoms with Crippen LogP contribution in [0.3, 0.4) is 0 Å². The van der Waals surface area contributed by atoms with E-state index in [4.69, 9.17) is 11.6 Å². The van der Waals surface area contributed by atoms with Crippen LogP contribution in [0.5, 0.6) is 0 Å². The second-order valence-electron chi connectivity index (χ2n) is 10.0. The molecule has 0 bridgehead atoms. The summed E-state index contributed by atoms with van der Waals surface area (Å²) in [6, 6.07) is 24.9. The summed E-state index contributed by atoms with van der Waals surface area (Å²) >= 11 is 6.34. The summed E-state index contributed by atoms with van der Waals surface area (Å²) in [7, 11) is 0. The number of halogens is 1. The van der Waals surface area contributed by atoms with Crippen molar-refractivity contribution in [2.24, 2.45) is 0 Å². The Bertz CT molecular complexity index is 1140. The molecule has 0 aliphatic rings. The topological polar surface area (TPSA) is 49.4 Å². The van der Waals surface area contributed by atoms with Crippen molar-refractivity contribution in [3.63, 3.8) is 0 Å². The van der Waals surface area contributed by atoms with Gasteiger partial charge < -0.3 is 10.2 Å². The Hall–Kier alpha value is -3.11. The lowest BCUT2D eigenvalue weighted by atomic mass is 9.99. The van der Waals surface area contributed by atoms with Gasteiger partial charge in [0.05, 0.1) is 0 Å². The van der Waals surface area contributed by atoms with E-state index in [0.717, 1.165) is 22.3 Å². The lowest BCUT2D eigenvalue weighted by molar-refractivity contribution is -0.141. The molecule has 4 nitrogen and oxygen atoms in total. The van der Waals surface area contributed by atoms with Gasteiger partial charge in [0.15, 0.2) is 0 Å². The fraction of sp³-hybridized carbons (Fsp3) is 0.333. The van der Waals surface area contributed by atoms with Crippen molar-refractivity contribution in [3.05, 3.63) is 106 Å². The van der Waals surface area contributed by atoms with Gasteiger partial charge in [-0.05, 0) is 56.9 Å². The minimum absolute atomic E-state index is 0.0728. The first-order valence-electron chi connectivity index (χ1n) is 12.1. The third kappa shape index (κ3) is 8.25. The number of nitrogens with zero attached hydrogens (tertiary/aromatic N) is 1. The quantitative estimate of drug-likeness (QED) is 0.392. The van der Waals surface area contributed by atoms with Gasteiger partial charge in [-0.15, -0.1) is 0 Å². The van der Waals surface area contributed by atoms with E-state index in [1.165, 1.54) is 0 Å². The molecule has 0 saturated heterocycles. The van der Waals surface area contributed by atoms with E-state index in [2.05, 4.69) is 11.4 Å². The molecule has 5 heteroatoms. The maximum atomic E-state index is 13.7. The molecule has 0 heterocycles. The molecule has 0 saturated carbocycles. The summed E-state index contributed by atoms with van der Waals surface area (Å²) in [5.74, 6) is -0.225. The molecule has 0 aromatic heterocycles. The summed E-state index contributed by atoms with van der Waals surface area (Å²) < 4.78 is 0. The van der Waals surface area contributed by atoms with Crippen molar-refractivity contribution in [1.29, 1.82) is 0 Å². The first-order valence-corrected chi connectivity index (χ1v) is 12.4. The third-order valence-corrected chi connectivity index (χ3v) is 6.14. The molecule has 3 rings (SSSR count). The van der Waals surface area contributed by atoms with Crippen molar-refractivity contribution in [2.45, 2.75) is 65.1 Å². The predicted molar refractivity (Wildman–Crippen MR) is 143 cm³/mol. The van der Waals surface area contributed by atoms with Crippen LogP contribution in [0.1, 0.15) is 49.4 Å². The van der Waals surface area contributed by atoms with Crippen molar-refractivity contribution < 1.29 is 9.59 Å². The largest absolute Gasteiger partial charge is 0.350 e. The van der Waals surface area contributed by atoms with E-state index in [1.807, 2.05) is 100 Å². The van der Waals surface area contributed by atoms with Crippen LogP contribution in [0, 0.1) is 6.92 Å². The zero-order valence-electron chi connectivity index (χ0n) is 21.1. The van der Waals surface area contributed by atoms with E-state index in [9.17, 15) is 9.59 Å². The Kier molecular flexibility index (Phi) is 9.11. The van der Waals surface area contributed by atoms with Gasteiger partial charge in [0.2, 0.25) is 11.8 Å². The highest BCUT2D eigenvalue weighted by Gasteiger charge is 2.32. The second kappa shape index (κ2) is 12.0. The molecule has 0 aliphatic carbocycles. The summed E-state index contributed by atoms with van der Waals surface area (Å²) in [4.78, 5) is 29.0. The SMILES string of the molecule is Cc1cccc(CN(C(=O)CCc2ccccc2Cl)[C@@H](Cc2ccccc2)C(=O)NC(C)(C)C)c1. The molecular weight excluding hydrogens is 456 g/mol. The summed E-state index contributed by atoms with van der Waals surface area (Å²) in [5, 5.41) is 3.75. The molecule has 0 spiro atoms. The van der Waals surface area contributed by atoms with Crippen LogP contribution in [0.2, 0.25) is 5.02 Å². The number of amides is 2. The Morgan fingerprint density at radius 2 is 1.57 bits per heavy atom. The van der Waals surface area contributed by atoms with Crippen molar-refractivity contribution in [1.82, 2.24) is 10.2 Å². The number of hydrogen-bond acceptors (Lipinski definition) is 2. The lowest BCUT2D eigenvalue weighted by Crippen LogP contribution is -2.54. The Morgan fingerprint density at radius 3 is 2.23 bits per heavy atom. The predicted octanol–water partition coefficient (Wildman–Crippen LogP) is 6.14. The minimum Gasteiger partial charge on any atom is -0.350 e. The molecule has 184 valence electrons. The van der Waals surface area contributed by atoms with Crippen molar-refractivity contribution in [2.75, 3.05) is 0 Å². The smallest absolute Gasteiger partial charge is 0.243 e. The Balaban J connectivity index is 1.94. The van der Waals surface area contributed by atoms with Crippen LogP contribution >= 0.6 is 11.6 Å². The van der Waals surface area contributed by atoms with Crippen LogP contribution in [0.25, 0.3) is 0 Å². The number of hydrogen-bond donors (Lipinski definition) is 1. The minimum atomic E-state index is -0.643. The second-order valence-corrected chi connectivity index (χ2v) is 10.5. The van der Waals surface area contributed by atoms with E-state index in [1.54, 1.807) is 4.90 Å². The number of carbonyl (C=O) groups excluding carboxylic acids is 2. The van der Waals surface area contributed by atoms with Crippen molar-refractivity contribution in [3.8, 4) is 0 Å². The average molecular weight is 491 g/mol.